The molecule has 0 saturated heterocycles. The topological polar surface area (TPSA) is 75.4 Å². The number of rotatable bonds is 2. The first kappa shape index (κ1) is 14.2. The molecule has 0 radical (unpaired) electrons. The van der Waals surface area contributed by atoms with Gasteiger partial charge in [0.25, 0.3) is 5.91 Å². The third kappa shape index (κ3) is 2.86. The zero-order chi connectivity index (χ0) is 14.9. The van der Waals surface area contributed by atoms with Crippen LogP contribution in [0.3, 0.4) is 0 Å². The summed E-state index contributed by atoms with van der Waals surface area (Å²) in [5, 5.41) is 12.8. The van der Waals surface area contributed by atoms with Gasteiger partial charge in [-0.3, -0.25) is 4.79 Å². The van der Waals surface area contributed by atoms with Crippen LogP contribution in [0, 0.1) is 13.8 Å². The van der Waals surface area contributed by atoms with Crippen LogP contribution in [-0.4, -0.2) is 11.0 Å². The SMILES string of the molecule is Cc1cc(NC(=O)c2ccc(Cl)c(N)c2)c(C)cc1O. The second-order valence-corrected chi connectivity index (χ2v) is 5.05. The van der Waals surface area contributed by atoms with Crippen LogP contribution < -0.4 is 11.1 Å². The largest absolute Gasteiger partial charge is 0.508 e. The fourth-order valence-electron chi connectivity index (χ4n) is 1.82. The average molecular weight is 291 g/mol. The average Bonchev–Trinajstić information content (AvgIpc) is 2.39. The van der Waals surface area contributed by atoms with Crippen LogP contribution >= 0.6 is 11.6 Å². The molecule has 0 fully saturated rings. The van der Waals surface area contributed by atoms with Gasteiger partial charge in [-0.1, -0.05) is 11.6 Å². The number of carbonyl (C=O) groups excluding carboxylic acids is 1. The summed E-state index contributed by atoms with van der Waals surface area (Å²) in [5.74, 6) is -0.0715. The number of aryl methyl sites for hydroxylation is 2. The van der Waals surface area contributed by atoms with Crippen LogP contribution in [0.4, 0.5) is 11.4 Å². The Morgan fingerprint density at radius 1 is 1.20 bits per heavy atom. The number of aromatic hydroxyl groups is 1. The third-order valence-electron chi connectivity index (χ3n) is 3.05. The molecule has 0 aliphatic carbocycles. The van der Waals surface area contributed by atoms with E-state index in [1.165, 1.54) is 6.07 Å². The van der Waals surface area contributed by atoms with E-state index in [1.807, 2.05) is 6.92 Å². The van der Waals surface area contributed by atoms with Crippen LogP contribution in [0.1, 0.15) is 21.5 Å². The molecule has 0 spiro atoms. The summed E-state index contributed by atoms with van der Waals surface area (Å²) >= 11 is 5.82. The minimum Gasteiger partial charge on any atom is -0.508 e. The van der Waals surface area contributed by atoms with Crippen molar-refractivity contribution in [1.82, 2.24) is 0 Å². The number of carbonyl (C=O) groups is 1. The molecule has 0 bridgehead atoms. The molecular weight excluding hydrogens is 276 g/mol. The number of benzene rings is 2. The van der Waals surface area contributed by atoms with Crippen LogP contribution in [0.2, 0.25) is 5.02 Å². The molecule has 2 aromatic rings. The number of hydrogen-bond acceptors (Lipinski definition) is 3. The first-order valence-corrected chi connectivity index (χ1v) is 6.43. The molecule has 0 aliphatic heterocycles. The lowest BCUT2D eigenvalue weighted by atomic mass is 10.1. The smallest absolute Gasteiger partial charge is 0.255 e. The normalized spacial score (nSPS) is 10.3. The predicted molar refractivity (Wildman–Crippen MR) is 81.4 cm³/mol. The Balaban J connectivity index is 2.27. The molecule has 4 N–H and O–H groups in total. The Labute approximate surface area is 122 Å². The van der Waals surface area contributed by atoms with Gasteiger partial charge in [0.1, 0.15) is 5.75 Å². The summed E-state index contributed by atoms with van der Waals surface area (Å²) < 4.78 is 0. The quantitative estimate of drug-likeness (QED) is 0.585. The number of nitrogens with two attached hydrogens (primary N) is 1. The minimum atomic E-state index is -0.276. The lowest BCUT2D eigenvalue weighted by Gasteiger charge is -2.11. The second-order valence-electron chi connectivity index (χ2n) is 4.64. The Morgan fingerprint density at radius 3 is 2.55 bits per heavy atom. The van der Waals surface area contributed by atoms with Crippen LogP contribution in [0.5, 0.6) is 5.75 Å². The van der Waals surface area contributed by atoms with Crippen molar-refractivity contribution >= 4 is 28.9 Å². The van der Waals surface area contributed by atoms with Crippen LogP contribution in [0.15, 0.2) is 30.3 Å². The highest BCUT2D eigenvalue weighted by Gasteiger charge is 2.10. The molecular formula is C15H15ClN2O2. The monoisotopic (exact) mass is 290 g/mol. The molecule has 0 atom stereocenters. The number of nitrogens with one attached hydrogen (secondary N) is 1. The number of nitrogen functional groups attached to an aromatic ring is 1. The number of phenolic OH excluding ortho intramolecular Hbond substituents is 1. The standard InChI is InChI=1S/C15H15ClN2O2/c1-8-6-14(19)9(2)5-13(8)18-15(20)10-3-4-11(16)12(17)7-10/h3-7,19H,17H2,1-2H3,(H,18,20). The van der Waals surface area contributed by atoms with E-state index in [9.17, 15) is 9.90 Å². The zero-order valence-electron chi connectivity index (χ0n) is 11.2. The molecule has 0 heterocycles. The molecule has 2 aromatic carbocycles. The molecule has 2 rings (SSSR count). The molecule has 0 aliphatic rings. The van der Waals surface area contributed by atoms with Crippen molar-refractivity contribution in [3.63, 3.8) is 0 Å². The lowest BCUT2D eigenvalue weighted by molar-refractivity contribution is 0.102. The maximum atomic E-state index is 12.2. The molecule has 0 unspecified atom stereocenters. The van der Waals surface area contributed by atoms with Crippen molar-refractivity contribution in [3.05, 3.63) is 52.0 Å². The maximum Gasteiger partial charge on any atom is 0.255 e. The number of anilines is 2. The van der Waals surface area contributed by atoms with Gasteiger partial charge in [-0.25, -0.2) is 0 Å². The van der Waals surface area contributed by atoms with E-state index < -0.39 is 0 Å². The van der Waals surface area contributed by atoms with Crippen molar-refractivity contribution in [1.29, 1.82) is 0 Å². The highest BCUT2D eigenvalue weighted by Crippen LogP contribution is 2.26. The number of amides is 1. The van der Waals surface area contributed by atoms with E-state index in [4.69, 9.17) is 17.3 Å². The molecule has 20 heavy (non-hydrogen) atoms. The molecule has 1 amide bonds. The highest BCUT2D eigenvalue weighted by atomic mass is 35.5. The third-order valence-corrected chi connectivity index (χ3v) is 3.39. The molecule has 5 heteroatoms. The summed E-state index contributed by atoms with van der Waals surface area (Å²) in [5.41, 5.74) is 8.60. The first-order valence-electron chi connectivity index (χ1n) is 6.05. The fourth-order valence-corrected chi connectivity index (χ4v) is 1.93. The van der Waals surface area contributed by atoms with E-state index in [0.29, 0.717) is 27.5 Å². The van der Waals surface area contributed by atoms with Crippen molar-refractivity contribution in [2.24, 2.45) is 0 Å². The van der Waals surface area contributed by atoms with Crippen molar-refractivity contribution in [2.75, 3.05) is 11.1 Å². The summed E-state index contributed by atoms with van der Waals surface area (Å²) in [6.07, 6.45) is 0. The summed E-state index contributed by atoms with van der Waals surface area (Å²) in [6, 6.07) is 8.06. The van der Waals surface area contributed by atoms with Gasteiger partial charge in [-0.05, 0) is 55.3 Å². The van der Waals surface area contributed by atoms with E-state index >= 15 is 0 Å². The van der Waals surface area contributed by atoms with Gasteiger partial charge < -0.3 is 16.2 Å². The van der Waals surface area contributed by atoms with Crippen LogP contribution in [0.25, 0.3) is 0 Å². The molecule has 4 nitrogen and oxygen atoms in total. The summed E-state index contributed by atoms with van der Waals surface area (Å²) in [6.45, 7) is 3.58. The summed E-state index contributed by atoms with van der Waals surface area (Å²) in [4.78, 5) is 12.2. The first-order chi connectivity index (χ1) is 9.38. The fraction of sp³-hybridized carbons (Fsp3) is 0.133. The Bertz CT molecular complexity index is 684. The Hall–Kier alpha value is -2.20. The van der Waals surface area contributed by atoms with Crippen molar-refractivity contribution < 1.29 is 9.90 Å². The van der Waals surface area contributed by atoms with Gasteiger partial charge in [0.2, 0.25) is 0 Å². The lowest BCUT2D eigenvalue weighted by Crippen LogP contribution is -2.13. The number of hydrogen-bond donors (Lipinski definition) is 3. The van der Waals surface area contributed by atoms with Gasteiger partial charge in [0.15, 0.2) is 0 Å². The zero-order valence-corrected chi connectivity index (χ0v) is 12.0. The molecule has 0 saturated carbocycles. The maximum absolute atomic E-state index is 12.2. The van der Waals surface area contributed by atoms with Crippen LogP contribution in [-0.2, 0) is 0 Å². The van der Waals surface area contributed by atoms with E-state index in [0.717, 1.165) is 5.56 Å². The predicted octanol–water partition coefficient (Wildman–Crippen LogP) is 3.50. The molecule has 0 aromatic heterocycles. The van der Waals surface area contributed by atoms with Gasteiger partial charge in [-0.15, -0.1) is 0 Å². The van der Waals surface area contributed by atoms with Gasteiger partial charge >= 0.3 is 0 Å². The van der Waals surface area contributed by atoms with Crippen molar-refractivity contribution in [2.45, 2.75) is 13.8 Å². The van der Waals surface area contributed by atoms with Gasteiger partial charge in [0, 0.05) is 11.3 Å². The van der Waals surface area contributed by atoms with E-state index in [2.05, 4.69) is 5.32 Å². The highest BCUT2D eigenvalue weighted by molar-refractivity contribution is 6.33. The van der Waals surface area contributed by atoms with Crippen molar-refractivity contribution in [3.8, 4) is 5.75 Å². The minimum absolute atomic E-state index is 0.205. The van der Waals surface area contributed by atoms with Gasteiger partial charge in [0.05, 0.1) is 10.7 Å². The van der Waals surface area contributed by atoms with Gasteiger partial charge in [-0.2, -0.15) is 0 Å². The second kappa shape index (κ2) is 5.43. The Kier molecular flexibility index (Phi) is 3.86. The molecule has 104 valence electrons. The van der Waals surface area contributed by atoms with E-state index in [-0.39, 0.29) is 11.7 Å². The Morgan fingerprint density at radius 2 is 1.90 bits per heavy atom. The summed E-state index contributed by atoms with van der Waals surface area (Å²) in [7, 11) is 0. The number of phenols is 1. The van der Waals surface area contributed by atoms with E-state index in [1.54, 1.807) is 31.2 Å². The number of halogens is 1.